The van der Waals surface area contributed by atoms with Gasteiger partial charge < -0.3 is 4.74 Å². The first-order chi connectivity index (χ1) is 14.2. The third kappa shape index (κ3) is 4.16. The van der Waals surface area contributed by atoms with E-state index in [0.29, 0.717) is 0 Å². The minimum Gasteiger partial charge on any atom is -0.490 e. The Morgan fingerprint density at radius 3 is 2.03 bits per heavy atom. The molecule has 0 heterocycles. The first-order valence-corrected chi connectivity index (χ1v) is 11.8. The van der Waals surface area contributed by atoms with Crippen LogP contribution >= 0.6 is 8.58 Å². The van der Waals surface area contributed by atoms with Crippen molar-refractivity contribution >= 4 is 35.4 Å². The molecule has 0 aliphatic rings. The second-order valence-corrected chi connectivity index (χ2v) is 9.21. The number of ether oxygens (including phenoxy) is 1. The Bertz CT molecular complexity index is 1130. The van der Waals surface area contributed by atoms with Gasteiger partial charge in [-0.3, -0.25) is 0 Å². The Balaban J connectivity index is 2.04. The molecule has 4 rings (SSSR count). The number of fused-ring (bicyclic) bond motifs is 2. The maximum atomic E-state index is 6.34. The molecular formula is C27H29OP. The standard InChI is InChI=1S/C27H29OP/c1-4-5-18-29-25-17-15-21-11-7-9-13-23(21)27(25)26-22-12-8-6-10-20(22)14-16-24(26)28-19(2)3/h6-17,19,29H,4-5,18H2,1-3H3. The summed E-state index contributed by atoms with van der Waals surface area (Å²) in [5.74, 6) is 0.983. The smallest absolute Gasteiger partial charge is 0.128 e. The van der Waals surface area contributed by atoms with Crippen LogP contribution in [-0.2, 0) is 0 Å². The zero-order valence-electron chi connectivity index (χ0n) is 17.5. The maximum absolute atomic E-state index is 6.34. The van der Waals surface area contributed by atoms with E-state index in [4.69, 9.17) is 4.74 Å². The van der Waals surface area contributed by atoms with Crippen molar-refractivity contribution in [3.63, 3.8) is 0 Å². The van der Waals surface area contributed by atoms with Gasteiger partial charge in [-0.05, 0) is 59.3 Å². The number of rotatable bonds is 7. The van der Waals surface area contributed by atoms with E-state index in [1.165, 1.54) is 57.0 Å². The van der Waals surface area contributed by atoms with Gasteiger partial charge in [-0.2, -0.15) is 0 Å². The van der Waals surface area contributed by atoms with Crippen molar-refractivity contribution in [2.24, 2.45) is 0 Å². The maximum Gasteiger partial charge on any atom is 0.128 e. The van der Waals surface area contributed by atoms with E-state index in [1.807, 2.05) is 0 Å². The van der Waals surface area contributed by atoms with Gasteiger partial charge in [0.05, 0.1) is 6.10 Å². The molecule has 29 heavy (non-hydrogen) atoms. The summed E-state index contributed by atoms with van der Waals surface area (Å²) in [6, 6.07) is 26.4. The topological polar surface area (TPSA) is 9.23 Å². The molecule has 1 atom stereocenters. The van der Waals surface area contributed by atoms with Gasteiger partial charge in [0.25, 0.3) is 0 Å². The minimum atomic E-state index is 0.135. The van der Waals surface area contributed by atoms with Gasteiger partial charge in [-0.15, -0.1) is 0 Å². The molecule has 2 heteroatoms. The molecule has 148 valence electrons. The van der Waals surface area contributed by atoms with E-state index in [0.717, 1.165) is 14.3 Å². The highest BCUT2D eigenvalue weighted by Crippen LogP contribution is 2.41. The fourth-order valence-electron chi connectivity index (χ4n) is 3.95. The summed E-state index contributed by atoms with van der Waals surface area (Å²) in [6.07, 6.45) is 3.89. The minimum absolute atomic E-state index is 0.135. The van der Waals surface area contributed by atoms with Gasteiger partial charge in [0.1, 0.15) is 5.75 Å². The zero-order valence-corrected chi connectivity index (χ0v) is 18.5. The lowest BCUT2D eigenvalue weighted by atomic mass is 9.93. The van der Waals surface area contributed by atoms with Gasteiger partial charge in [0.2, 0.25) is 0 Å². The largest absolute Gasteiger partial charge is 0.490 e. The average molecular weight is 401 g/mol. The van der Waals surface area contributed by atoms with Crippen molar-refractivity contribution in [3.8, 4) is 16.9 Å². The lowest BCUT2D eigenvalue weighted by Crippen LogP contribution is -2.09. The molecule has 4 aromatic carbocycles. The van der Waals surface area contributed by atoms with E-state index < -0.39 is 0 Å². The highest BCUT2D eigenvalue weighted by molar-refractivity contribution is 7.47. The molecule has 1 unspecified atom stereocenters. The summed E-state index contributed by atoms with van der Waals surface area (Å²) in [6.45, 7) is 6.48. The molecule has 0 saturated heterocycles. The Hall–Kier alpha value is -2.37. The molecular weight excluding hydrogens is 371 g/mol. The Morgan fingerprint density at radius 1 is 0.759 bits per heavy atom. The van der Waals surface area contributed by atoms with E-state index in [-0.39, 0.29) is 6.10 Å². The molecule has 1 nitrogen and oxygen atoms in total. The second kappa shape index (κ2) is 8.97. The predicted octanol–water partition coefficient (Wildman–Crippen LogP) is 7.55. The summed E-state index contributed by atoms with van der Waals surface area (Å²) >= 11 is 0. The Morgan fingerprint density at radius 2 is 1.38 bits per heavy atom. The highest BCUT2D eigenvalue weighted by atomic mass is 31.1. The zero-order chi connectivity index (χ0) is 20.2. The molecule has 0 aliphatic heterocycles. The number of hydrogen-bond acceptors (Lipinski definition) is 1. The molecule has 0 aliphatic carbocycles. The first-order valence-electron chi connectivity index (χ1n) is 10.6. The molecule has 0 fully saturated rings. The molecule has 0 N–H and O–H groups in total. The summed E-state index contributed by atoms with van der Waals surface area (Å²) in [4.78, 5) is 0. The van der Waals surface area contributed by atoms with Crippen molar-refractivity contribution in [1.82, 2.24) is 0 Å². The van der Waals surface area contributed by atoms with Crippen LogP contribution in [0, 0.1) is 0 Å². The van der Waals surface area contributed by atoms with Gasteiger partial charge in [0, 0.05) is 11.1 Å². The van der Waals surface area contributed by atoms with Crippen molar-refractivity contribution in [2.45, 2.75) is 39.7 Å². The van der Waals surface area contributed by atoms with Gasteiger partial charge in [-0.1, -0.05) is 88.7 Å². The van der Waals surface area contributed by atoms with Gasteiger partial charge >= 0.3 is 0 Å². The lowest BCUT2D eigenvalue weighted by Gasteiger charge is -2.21. The summed E-state index contributed by atoms with van der Waals surface area (Å²) in [7, 11) is 0.807. The van der Waals surface area contributed by atoms with Crippen LogP contribution in [0.5, 0.6) is 5.75 Å². The fraction of sp³-hybridized carbons (Fsp3) is 0.259. The molecule has 0 amide bonds. The normalized spacial score (nSPS) is 11.9. The molecule has 0 bridgehead atoms. The molecule has 0 spiro atoms. The molecule has 0 aromatic heterocycles. The predicted molar refractivity (Wildman–Crippen MR) is 130 cm³/mol. The SMILES string of the molecule is CCCCPc1ccc2ccccc2c1-c1c(OC(C)C)ccc2ccccc12. The summed E-state index contributed by atoms with van der Waals surface area (Å²) in [5, 5.41) is 6.58. The average Bonchev–Trinajstić information content (AvgIpc) is 2.73. The number of unbranched alkanes of at least 4 members (excludes halogenated alkanes) is 1. The van der Waals surface area contributed by atoms with Crippen molar-refractivity contribution in [2.75, 3.05) is 6.16 Å². The van der Waals surface area contributed by atoms with E-state index in [1.54, 1.807) is 0 Å². The Kier molecular flexibility index (Phi) is 6.16. The lowest BCUT2D eigenvalue weighted by molar-refractivity contribution is 0.244. The highest BCUT2D eigenvalue weighted by Gasteiger charge is 2.18. The third-order valence-corrected chi connectivity index (χ3v) is 6.68. The second-order valence-electron chi connectivity index (χ2n) is 7.82. The van der Waals surface area contributed by atoms with Crippen LogP contribution in [-0.4, -0.2) is 12.3 Å². The molecule has 4 aromatic rings. The van der Waals surface area contributed by atoms with Crippen LogP contribution in [0.4, 0.5) is 0 Å². The van der Waals surface area contributed by atoms with Crippen LogP contribution in [0.2, 0.25) is 0 Å². The van der Waals surface area contributed by atoms with Crippen molar-refractivity contribution < 1.29 is 4.74 Å². The van der Waals surface area contributed by atoms with Crippen LogP contribution in [0.25, 0.3) is 32.7 Å². The van der Waals surface area contributed by atoms with Crippen LogP contribution in [0.3, 0.4) is 0 Å². The number of benzene rings is 4. The Labute approximate surface area is 175 Å². The molecule has 0 radical (unpaired) electrons. The van der Waals surface area contributed by atoms with Crippen LogP contribution in [0.15, 0.2) is 72.8 Å². The van der Waals surface area contributed by atoms with Gasteiger partial charge in [0.15, 0.2) is 0 Å². The molecule has 0 saturated carbocycles. The van der Waals surface area contributed by atoms with E-state index in [9.17, 15) is 0 Å². The van der Waals surface area contributed by atoms with E-state index in [2.05, 4.69) is 93.6 Å². The van der Waals surface area contributed by atoms with Crippen LogP contribution < -0.4 is 10.0 Å². The first kappa shape index (κ1) is 19.9. The van der Waals surface area contributed by atoms with Gasteiger partial charge in [-0.25, -0.2) is 0 Å². The summed E-state index contributed by atoms with van der Waals surface area (Å²) < 4.78 is 6.34. The fourth-order valence-corrected chi connectivity index (χ4v) is 5.39. The summed E-state index contributed by atoms with van der Waals surface area (Å²) in [5.41, 5.74) is 2.59. The van der Waals surface area contributed by atoms with E-state index >= 15 is 0 Å². The quantitative estimate of drug-likeness (QED) is 0.230. The van der Waals surface area contributed by atoms with Crippen molar-refractivity contribution in [1.29, 1.82) is 0 Å². The monoisotopic (exact) mass is 400 g/mol. The third-order valence-electron chi connectivity index (χ3n) is 5.28. The van der Waals surface area contributed by atoms with Crippen LogP contribution in [0.1, 0.15) is 33.6 Å². The van der Waals surface area contributed by atoms with Crippen molar-refractivity contribution in [3.05, 3.63) is 72.8 Å². The number of hydrogen-bond donors (Lipinski definition) is 0.